The lowest BCUT2D eigenvalue weighted by Crippen LogP contribution is -2.39. The Hall–Kier alpha value is -1.69. The van der Waals surface area contributed by atoms with E-state index < -0.39 is 7.82 Å². The molecule has 7 heteroatoms. The molecule has 2 aromatic rings. The zero-order chi connectivity index (χ0) is 26.2. The van der Waals surface area contributed by atoms with Gasteiger partial charge >= 0.3 is 7.82 Å². The third-order valence-electron chi connectivity index (χ3n) is 5.83. The summed E-state index contributed by atoms with van der Waals surface area (Å²) in [7, 11) is 0.173. The van der Waals surface area contributed by atoms with Crippen LogP contribution in [0.25, 0.3) is 0 Å². The topological polar surface area (TPSA) is 65.0 Å². The summed E-state index contributed by atoms with van der Waals surface area (Å²) in [6, 6.07) is 18.3. The maximum Gasteiger partial charge on any atom is 0.472 e. The highest BCUT2D eigenvalue weighted by Crippen LogP contribution is 2.43. The van der Waals surface area contributed by atoms with Gasteiger partial charge in [-0.3, -0.25) is 9.05 Å². The van der Waals surface area contributed by atoms with Gasteiger partial charge in [-0.15, -0.1) is 0 Å². The van der Waals surface area contributed by atoms with E-state index in [-0.39, 0.29) is 30.7 Å². The number of hydrogen-bond donors (Lipinski definition) is 1. The van der Waals surface area contributed by atoms with Gasteiger partial charge < -0.3 is 14.1 Å². The number of phosphoric ester groups is 1. The first-order valence-corrected chi connectivity index (χ1v) is 13.9. The van der Waals surface area contributed by atoms with Crippen molar-refractivity contribution in [2.45, 2.75) is 59.4 Å². The monoisotopic (exact) mass is 506 g/mol. The molecule has 196 valence electrons. The van der Waals surface area contributed by atoms with E-state index in [2.05, 4.69) is 73.0 Å². The van der Waals surface area contributed by atoms with Crippen LogP contribution >= 0.6 is 7.82 Å². The van der Waals surface area contributed by atoms with Crippen molar-refractivity contribution in [2.75, 3.05) is 40.5 Å². The second kappa shape index (κ2) is 12.5. The summed E-state index contributed by atoms with van der Waals surface area (Å²) in [4.78, 5) is 9.95. The fourth-order valence-corrected chi connectivity index (χ4v) is 5.35. The first-order valence-electron chi connectivity index (χ1n) is 12.4. The third kappa shape index (κ3) is 11.7. The molecule has 2 rings (SSSR count). The second-order valence-electron chi connectivity index (χ2n) is 11.8. The summed E-state index contributed by atoms with van der Waals surface area (Å²) in [6.45, 7) is 13.3. The Kier molecular flexibility index (Phi) is 10.6. The quantitative estimate of drug-likeness (QED) is 0.178. The van der Waals surface area contributed by atoms with Crippen LogP contribution in [0.2, 0.25) is 0 Å². The van der Waals surface area contributed by atoms with Crippen molar-refractivity contribution in [3.05, 3.63) is 65.7 Å². The van der Waals surface area contributed by atoms with Crippen molar-refractivity contribution in [3.8, 4) is 5.75 Å². The fraction of sp³-hybridized carbons (Fsp3) is 0.571. The minimum absolute atomic E-state index is 0.0272. The molecule has 0 aliphatic heterocycles. The van der Waals surface area contributed by atoms with Crippen molar-refractivity contribution in [2.24, 2.45) is 5.41 Å². The first kappa shape index (κ1) is 29.5. The van der Waals surface area contributed by atoms with Crippen molar-refractivity contribution < 1.29 is 27.7 Å². The molecule has 0 saturated heterocycles. The number of benzene rings is 2. The third-order valence-corrected chi connectivity index (χ3v) is 6.85. The van der Waals surface area contributed by atoms with Gasteiger partial charge in [-0.05, 0) is 34.9 Å². The van der Waals surface area contributed by atoms with Crippen molar-refractivity contribution in [3.63, 3.8) is 0 Å². The zero-order valence-corrected chi connectivity index (χ0v) is 23.5. The summed E-state index contributed by atoms with van der Waals surface area (Å²) < 4.78 is 28.8. The van der Waals surface area contributed by atoms with Gasteiger partial charge in [-0.25, -0.2) is 4.57 Å². The lowest BCUT2D eigenvalue weighted by atomic mass is 9.72. The first-order chi connectivity index (χ1) is 16.2. The van der Waals surface area contributed by atoms with E-state index >= 15 is 0 Å². The van der Waals surface area contributed by atoms with Gasteiger partial charge in [-0.2, -0.15) is 0 Å². The molecule has 0 amide bonds. The molecule has 0 aromatic heterocycles. The summed E-state index contributed by atoms with van der Waals surface area (Å²) in [6.07, 6.45) is 1.73. The van der Waals surface area contributed by atoms with Gasteiger partial charge in [0.15, 0.2) is 0 Å². The van der Waals surface area contributed by atoms with Crippen LogP contribution in [0.5, 0.6) is 5.75 Å². The smallest absolute Gasteiger partial charge is 0.472 e. The molecule has 0 heterocycles. The average Bonchev–Trinajstić information content (AvgIpc) is 2.73. The van der Waals surface area contributed by atoms with Crippen LogP contribution in [-0.4, -0.2) is 49.8 Å². The van der Waals surface area contributed by atoms with Gasteiger partial charge in [0, 0.05) is 12.0 Å². The maximum absolute atomic E-state index is 12.2. The predicted octanol–water partition coefficient (Wildman–Crippen LogP) is 6.58. The van der Waals surface area contributed by atoms with Crippen molar-refractivity contribution >= 4 is 7.82 Å². The molecule has 0 radical (unpaired) electrons. The van der Waals surface area contributed by atoms with Gasteiger partial charge in [0.1, 0.15) is 18.9 Å². The molecule has 0 bridgehead atoms. The standard InChI is InChI=1S/C28H44NO5P/c1-27(2,3)23-28(4,5)25-14-16-26(17-15-25)32-20-21-34-35(30,31)33-19-11-18-29(6,7)22-24-12-9-8-10-13-24/h8-10,12-17H,11,18-23H2,1-7H3/p+1. The number of phosphoric acid groups is 1. The van der Waals surface area contributed by atoms with Crippen LogP contribution in [0.1, 0.15) is 58.6 Å². The van der Waals surface area contributed by atoms with E-state index in [1.165, 1.54) is 11.1 Å². The molecule has 0 aliphatic rings. The summed E-state index contributed by atoms with van der Waals surface area (Å²) >= 11 is 0. The molecule has 0 spiro atoms. The van der Waals surface area contributed by atoms with E-state index in [9.17, 15) is 9.46 Å². The summed E-state index contributed by atoms with van der Waals surface area (Å²) in [5.74, 6) is 0.705. The zero-order valence-electron chi connectivity index (χ0n) is 22.6. The number of rotatable bonds is 14. The number of quaternary nitrogens is 1. The molecule has 0 aliphatic carbocycles. The van der Waals surface area contributed by atoms with Crippen LogP contribution in [0.15, 0.2) is 54.6 Å². The number of nitrogens with zero attached hydrogens (tertiary/aromatic N) is 1. The normalized spacial score (nSPS) is 14.5. The summed E-state index contributed by atoms with van der Waals surface area (Å²) in [5.41, 5.74) is 2.83. The minimum Gasteiger partial charge on any atom is -0.491 e. The maximum atomic E-state index is 12.2. The van der Waals surface area contributed by atoms with Crippen molar-refractivity contribution in [1.82, 2.24) is 0 Å². The lowest BCUT2D eigenvalue weighted by molar-refractivity contribution is -0.903. The van der Waals surface area contributed by atoms with Crippen LogP contribution in [0.4, 0.5) is 0 Å². The van der Waals surface area contributed by atoms with Crippen LogP contribution < -0.4 is 4.74 Å². The van der Waals surface area contributed by atoms with Gasteiger partial charge in [0.2, 0.25) is 0 Å². The highest BCUT2D eigenvalue weighted by atomic mass is 31.2. The Balaban J connectivity index is 1.67. The lowest BCUT2D eigenvalue weighted by Gasteiger charge is -2.33. The van der Waals surface area contributed by atoms with Gasteiger partial charge in [-0.1, -0.05) is 77.1 Å². The van der Waals surface area contributed by atoms with E-state index in [4.69, 9.17) is 13.8 Å². The van der Waals surface area contributed by atoms with E-state index in [1.807, 2.05) is 30.3 Å². The summed E-state index contributed by atoms with van der Waals surface area (Å²) in [5, 5.41) is 0. The van der Waals surface area contributed by atoms with Crippen LogP contribution in [0.3, 0.4) is 0 Å². The van der Waals surface area contributed by atoms with Crippen LogP contribution in [0, 0.1) is 5.41 Å². The SMILES string of the molecule is CC(C)(C)CC(C)(C)c1ccc(OCCOP(=O)(O)OCCC[N+](C)(C)Cc2ccccc2)cc1. The Morgan fingerprint density at radius 1 is 0.857 bits per heavy atom. The van der Waals surface area contributed by atoms with E-state index in [0.717, 1.165) is 24.0 Å². The molecule has 6 nitrogen and oxygen atoms in total. The molecular formula is C28H45NO5P+. The Morgan fingerprint density at radius 2 is 1.46 bits per heavy atom. The Bertz CT molecular complexity index is 936. The molecule has 2 aromatic carbocycles. The fourth-order valence-electron chi connectivity index (χ4n) is 4.61. The predicted molar refractivity (Wildman–Crippen MR) is 143 cm³/mol. The Morgan fingerprint density at radius 3 is 2.06 bits per heavy atom. The average molecular weight is 507 g/mol. The van der Waals surface area contributed by atoms with Gasteiger partial charge in [0.25, 0.3) is 0 Å². The molecule has 0 fully saturated rings. The van der Waals surface area contributed by atoms with E-state index in [1.54, 1.807) is 0 Å². The molecule has 1 N–H and O–H groups in total. The number of ether oxygens (including phenoxy) is 1. The van der Waals surface area contributed by atoms with Crippen molar-refractivity contribution in [1.29, 1.82) is 0 Å². The largest absolute Gasteiger partial charge is 0.491 e. The van der Waals surface area contributed by atoms with E-state index in [0.29, 0.717) is 12.2 Å². The minimum atomic E-state index is -4.10. The molecule has 1 unspecified atom stereocenters. The van der Waals surface area contributed by atoms with Crippen LogP contribution in [-0.2, 0) is 25.6 Å². The second-order valence-corrected chi connectivity index (χ2v) is 13.2. The van der Waals surface area contributed by atoms with Gasteiger partial charge in [0.05, 0.1) is 33.9 Å². The number of hydrogen-bond acceptors (Lipinski definition) is 4. The molecule has 0 saturated carbocycles. The highest BCUT2D eigenvalue weighted by molar-refractivity contribution is 7.47. The molecule has 1 atom stereocenters. The Labute approximate surface area is 212 Å². The molecule has 35 heavy (non-hydrogen) atoms. The highest BCUT2D eigenvalue weighted by Gasteiger charge is 2.27. The molecular weight excluding hydrogens is 461 g/mol.